The topological polar surface area (TPSA) is 52.8 Å². The van der Waals surface area contributed by atoms with Crippen LogP contribution in [0.1, 0.15) is 31.2 Å². The van der Waals surface area contributed by atoms with E-state index in [4.69, 9.17) is 4.74 Å². The van der Waals surface area contributed by atoms with E-state index < -0.39 is 0 Å². The number of rotatable bonds is 1. The van der Waals surface area contributed by atoms with Crippen LogP contribution in [0.2, 0.25) is 0 Å². The minimum Gasteiger partial charge on any atom is -0.358 e. The van der Waals surface area contributed by atoms with Crippen LogP contribution in [-0.4, -0.2) is 26.1 Å². The highest BCUT2D eigenvalue weighted by Gasteiger charge is 2.19. The molecule has 0 amide bonds. The van der Waals surface area contributed by atoms with Crippen molar-refractivity contribution in [3.05, 3.63) is 15.9 Å². The lowest BCUT2D eigenvalue weighted by atomic mass is 10.2. The molecule has 17 heavy (non-hydrogen) atoms. The summed E-state index contributed by atoms with van der Waals surface area (Å²) < 4.78 is 8.56. The number of fused-ring (bicyclic) bond motifs is 1. The summed E-state index contributed by atoms with van der Waals surface area (Å²) >= 11 is 2.13. The first-order valence-corrected chi connectivity index (χ1v) is 6.82. The molecule has 0 N–H and O–H groups in total. The van der Waals surface area contributed by atoms with Crippen molar-refractivity contribution >= 4 is 33.8 Å². The fraction of sp³-hybridized carbons (Fsp3) is 0.545. The summed E-state index contributed by atoms with van der Waals surface area (Å²) in [4.78, 5) is 13.2. The normalized spacial score (nSPS) is 20.9. The molecule has 0 saturated carbocycles. The number of halogens is 1. The van der Waals surface area contributed by atoms with E-state index in [0.717, 1.165) is 40.1 Å². The Balaban J connectivity index is 2.10. The van der Waals surface area contributed by atoms with Gasteiger partial charge in [0.25, 0.3) is 0 Å². The zero-order valence-electron chi connectivity index (χ0n) is 9.56. The van der Waals surface area contributed by atoms with Crippen LogP contribution < -0.4 is 0 Å². The lowest BCUT2D eigenvalue weighted by Crippen LogP contribution is -2.17. The molecular weight excluding hydrogens is 331 g/mol. The van der Waals surface area contributed by atoms with E-state index in [-0.39, 0.29) is 6.23 Å². The Bertz CT molecular complexity index is 548. The van der Waals surface area contributed by atoms with E-state index in [1.54, 1.807) is 0 Å². The number of hydrogen-bond acceptors (Lipinski definition) is 4. The Morgan fingerprint density at radius 3 is 3.06 bits per heavy atom. The lowest BCUT2D eigenvalue weighted by molar-refractivity contribution is -0.0298. The Morgan fingerprint density at radius 2 is 2.29 bits per heavy atom. The Kier molecular flexibility index (Phi) is 2.99. The van der Waals surface area contributed by atoms with Gasteiger partial charge >= 0.3 is 0 Å². The van der Waals surface area contributed by atoms with Crippen LogP contribution in [0.4, 0.5) is 0 Å². The number of hydrogen-bond donors (Lipinski definition) is 0. The number of aromatic nitrogens is 4. The zero-order chi connectivity index (χ0) is 11.8. The van der Waals surface area contributed by atoms with Gasteiger partial charge in [0.2, 0.25) is 0 Å². The van der Waals surface area contributed by atoms with Crippen molar-refractivity contribution in [2.45, 2.75) is 32.4 Å². The molecule has 1 saturated heterocycles. The first-order chi connectivity index (χ1) is 8.25. The zero-order valence-corrected chi connectivity index (χ0v) is 11.7. The first kappa shape index (κ1) is 11.3. The predicted octanol–water partition coefficient (Wildman–Crippen LogP) is 2.44. The van der Waals surface area contributed by atoms with Crippen molar-refractivity contribution in [3.63, 3.8) is 0 Å². The Morgan fingerprint density at radius 1 is 1.41 bits per heavy atom. The fourth-order valence-electron chi connectivity index (χ4n) is 2.18. The minimum absolute atomic E-state index is 0.0823. The van der Waals surface area contributed by atoms with E-state index in [0.29, 0.717) is 0 Å². The summed E-state index contributed by atoms with van der Waals surface area (Å²) in [6.45, 7) is 2.79. The van der Waals surface area contributed by atoms with Crippen LogP contribution in [0, 0.1) is 10.8 Å². The van der Waals surface area contributed by atoms with E-state index in [1.807, 2.05) is 17.8 Å². The van der Waals surface area contributed by atoms with E-state index >= 15 is 0 Å². The first-order valence-electron chi connectivity index (χ1n) is 5.74. The third-order valence-corrected chi connectivity index (χ3v) is 3.52. The van der Waals surface area contributed by atoms with E-state index in [1.165, 1.54) is 6.42 Å². The molecule has 1 aliphatic heterocycles. The van der Waals surface area contributed by atoms with Crippen LogP contribution in [-0.2, 0) is 4.74 Å². The molecule has 1 aliphatic rings. The smallest absolute Gasteiger partial charge is 0.193 e. The quantitative estimate of drug-likeness (QED) is 0.589. The summed E-state index contributed by atoms with van der Waals surface area (Å²) in [7, 11) is 0. The molecule has 3 rings (SSSR count). The molecular formula is C11H13IN4O. The molecule has 90 valence electrons. The minimum atomic E-state index is 0.0823. The van der Waals surface area contributed by atoms with Crippen LogP contribution in [0.3, 0.4) is 0 Å². The van der Waals surface area contributed by atoms with Crippen molar-refractivity contribution < 1.29 is 4.74 Å². The highest BCUT2D eigenvalue weighted by molar-refractivity contribution is 14.1. The van der Waals surface area contributed by atoms with Gasteiger partial charge < -0.3 is 4.74 Å². The fourth-order valence-corrected chi connectivity index (χ4v) is 2.77. The molecule has 1 unspecified atom stereocenters. The second-order valence-electron chi connectivity index (χ2n) is 4.22. The lowest BCUT2D eigenvalue weighted by Gasteiger charge is -2.23. The maximum atomic E-state index is 5.77. The van der Waals surface area contributed by atoms with E-state index in [2.05, 4.69) is 37.5 Å². The molecule has 1 atom stereocenters. The summed E-state index contributed by atoms with van der Waals surface area (Å²) in [5, 5.41) is 0. The number of imidazole rings is 1. The standard InChI is InChI=1S/C11H13IN4O/c1-7-9-10(15-11(12)14-7)16(6-13-9)8-4-2-3-5-17-8/h6,8H,2-5H2,1H3. The molecule has 5 nitrogen and oxygen atoms in total. The molecule has 0 spiro atoms. The second-order valence-corrected chi connectivity index (χ2v) is 5.19. The SMILES string of the molecule is Cc1nc(I)nc2c1ncn2C1CCCCO1. The van der Waals surface area contributed by atoms with Crippen molar-refractivity contribution in [1.29, 1.82) is 0 Å². The molecule has 0 bridgehead atoms. The highest BCUT2D eigenvalue weighted by atomic mass is 127. The van der Waals surface area contributed by atoms with Gasteiger partial charge in [-0.05, 0) is 26.2 Å². The third-order valence-electron chi connectivity index (χ3n) is 3.03. The molecule has 2 aromatic rings. The van der Waals surface area contributed by atoms with Crippen molar-refractivity contribution in [2.75, 3.05) is 6.61 Å². The number of ether oxygens (including phenoxy) is 1. The van der Waals surface area contributed by atoms with Gasteiger partial charge in [-0.3, -0.25) is 4.57 Å². The largest absolute Gasteiger partial charge is 0.358 e. The van der Waals surface area contributed by atoms with Gasteiger partial charge in [0.1, 0.15) is 11.7 Å². The van der Waals surface area contributed by atoms with Gasteiger partial charge in [0, 0.05) is 29.2 Å². The maximum Gasteiger partial charge on any atom is 0.193 e. The van der Waals surface area contributed by atoms with Crippen molar-refractivity contribution in [2.24, 2.45) is 0 Å². The van der Waals surface area contributed by atoms with Crippen LogP contribution in [0.15, 0.2) is 6.33 Å². The Hall–Kier alpha value is -0.760. The Labute approximate surface area is 113 Å². The second kappa shape index (κ2) is 4.49. The van der Waals surface area contributed by atoms with Gasteiger partial charge in [-0.1, -0.05) is 0 Å². The monoisotopic (exact) mass is 344 g/mol. The van der Waals surface area contributed by atoms with Gasteiger partial charge in [-0.25, -0.2) is 15.0 Å². The predicted molar refractivity (Wildman–Crippen MR) is 71.6 cm³/mol. The van der Waals surface area contributed by atoms with Gasteiger partial charge in [0.05, 0.1) is 12.0 Å². The highest BCUT2D eigenvalue weighted by Crippen LogP contribution is 2.26. The summed E-state index contributed by atoms with van der Waals surface area (Å²) in [5.41, 5.74) is 2.68. The third kappa shape index (κ3) is 2.03. The number of nitrogens with zero attached hydrogens (tertiary/aromatic N) is 4. The molecule has 2 aromatic heterocycles. The van der Waals surface area contributed by atoms with E-state index in [9.17, 15) is 0 Å². The summed E-state index contributed by atoms with van der Waals surface area (Å²) in [6.07, 6.45) is 5.28. The van der Waals surface area contributed by atoms with Crippen molar-refractivity contribution in [1.82, 2.24) is 19.5 Å². The van der Waals surface area contributed by atoms with Gasteiger partial charge in [-0.2, -0.15) is 0 Å². The molecule has 0 radical (unpaired) electrons. The average Bonchev–Trinajstić information content (AvgIpc) is 2.74. The number of aryl methyl sites for hydroxylation is 1. The molecule has 1 fully saturated rings. The van der Waals surface area contributed by atoms with Crippen LogP contribution >= 0.6 is 22.6 Å². The summed E-state index contributed by atoms with van der Waals surface area (Å²) in [5.74, 6) is 0. The maximum absolute atomic E-state index is 5.77. The molecule has 6 heteroatoms. The summed E-state index contributed by atoms with van der Waals surface area (Å²) in [6, 6.07) is 0. The molecule has 0 aliphatic carbocycles. The van der Waals surface area contributed by atoms with Crippen LogP contribution in [0.25, 0.3) is 11.2 Å². The molecule has 3 heterocycles. The van der Waals surface area contributed by atoms with Gasteiger partial charge in [0.15, 0.2) is 9.48 Å². The average molecular weight is 344 g/mol. The van der Waals surface area contributed by atoms with Gasteiger partial charge in [-0.15, -0.1) is 0 Å². The van der Waals surface area contributed by atoms with Crippen molar-refractivity contribution in [3.8, 4) is 0 Å². The molecule has 0 aromatic carbocycles. The van der Waals surface area contributed by atoms with Crippen LogP contribution in [0.5, 0.6) is 0 Å².